The molecule has 0 aromatic heterocycles. The van der Waals surface area contributed by atoms with Crippen LogP contribution < -0.4 is 9.62 Å². The first kappa shape index (κ1) is 36.3. The van der Waals surface area contributed by atoms with Gasteiger partial charge in [0, 0.05) is 34.6 Å². The molecule has 0 saturated heterocycles. The maximum Gasteiger partial charge on any atom is 0.264 e. The van der Waals surface area contributed by atoms with E-state index in [9.17, 15) is 18.0 Å². The van der Waals surface area contributed by atoms with Crippen LogP contribution in [-0.4, -0.2) is 44.3 Å². The lowest BCUT2D eigenvalue weighted by atomic mass is 10.0. The summed E-state index contributed by atoms with van der Waals surface area (Å²) < 4.78 is 29.6. The van der Waals surface area contributed by atoms with Crippen LogP contribution in [-0.2, 0) is 32.6 Å². The number of halogens is 3. The highest BCUT2D eigenvalue weighted by Gasteiger charge is 2.35. The Morgan fingerprint density at radius 3 is 2.15 bits per heavy atom. The Labute approximate surface area is 292 Å². The average Bonchev–Trinajstić information content (AvgIpc) is 3.03. The van der Waals surface area contributed by atoms with Gasteiger partial charge in [-0.1, -0.05) is 109 Å². The molecule has 0 saturated carbocycles. The molecule has 7 nitrogen and oxygen atoms in total. The van der Waals surface area contributed by atoms with E-state index in [1.807, 2.05) is 51.1 Å². The molecule has 248 valence electrons. The van der Waals surface area contributed by atoms with E-state index in [2.05, 4.69) is 5.32 Å². The maximum atomic E-state index is 14.6. The second kappa shape index (κ2) is 16.0. The predicted octanol–water partition coefficient (Wildman–Crippen LogP) is 7.87. The zero-order valence-electron chi connectivity index (χ0n) is 26.7. The second-order valence-electron chi connectivity index (χ2n) is 11.8. The topological polar surface area (TPSA) is 86.8 Å². The van der Waals surface area contributed by atoms with E-state index < -0.39 is 28.5 Å². The molecule has 0 aliphatic carbocycles. The summed E-state index contributed by atoms with van der Waals surface area (Å²) in [6.07, 6.45) is 0.183. The first-order chi connectivity index (χ1) is 22.3. The Kier molecular flexibility index (Phi) is 12.4. The highest BCUT2D eigenvalue weighted by molar-refractivity contribution is 7.92. The number of rotatable bonds is 13. The van der Waals surface area contributed by atoms with Crippen LogP contribution in [0.1, 0.15) is 36.1 Å². The Morgan fingerprint density at radius 2 is 1.51 bits per heavy atom. The molecule has 11 heteroatoms. The molecule has 4 aromatic rings. The fourth-order valence-electron chi connectivity index (χ4n) is 5.03. The van der Waals surface area contributed by atoms with Crippen LogP contribution in [0.25, 0.3) is 0 Å². The van der Waals surface area contributed by atoms with Crippen molar-refractivity contribution in [2.75, 3.05) is 17.4 Å². The minimum absolute atomic E-state index is 0.0121. The van der Waals surface area contributed by atoms with Crippen LogP contribution in [0.4, 0.5) is 5.69 Å². The molecule has 4 aromatic carbocycles. The molecule has 0 heterocycles. The van der Waals surface area contributed by atoms with Crippen molar-refractivity contribution in [1.29, 1.82) is 0 Å². The number of carbonyl (C=O) groups is 2. The molecule has 0 radical (unpaired) electrons. The largest absolute Gasteiger partial charge is 0.354 e. The van der Waals surface area contributed by atoms with Gasteiger partial charge in [-0.3, -0.25) is 13.9 Å². The van der Waals surface area contributed by atoms with Gasteiger partial charge in [0.25, 0.3) is 10.0 Å². The molecule has 4 rings (SSSR count). The van der Waals surface area contributed by atoms with Gasteiger partial charge >= 0.3 is 0 Å². The number of nitrogens with one attached hydrogen (secondary N) is 1. The summed E-state index contributed by atoms with van der Waals surface area (Å²) >= 11 is 19.2. The number of sulfonamides is 1. The van der Waals surface area contributed by atoms with Gasteiger partial charge in [0.05, 0.1) is 10.6 Å². The van der Waals surface area contributed by atoms with E-state index in [-0.39, 0.29) is 35.4 Å². The van der Waals surface area contributed by atoms with Crippen molar-refractivity contribution in [2.45, 2.75) is 51.6 Å². The third-order valence-electron chi connectivity index (χ3n) is 7.71. The maximum absolute atomic E-state index is 14.6. The molecule has 0 aliphatic heterocycles. The smallest absolute Gasteiger partial charge is 0.264 e. The quantitative estimate of drug-likeness (QED) is 0.153. The van der Waals surface area contributed by atoms with Gasteiger partial charge in [-0.15, -0.1) is 0 Å². The molecule has 0 fully saturated rings. The van der Waals surface area contributed by atoms with Crippen molar-refractivity contribution in [2.24, 2.45) is 5.92 Å². The number of amides is 2. The van der Waals surface area contributed by atoms with Crippen molar-refractivity contribution in [3.05, 3.63) is 128 Å². The number of benzene rings is 4. The minimum atomic E-state index is -4.27. The number of nitrogens with zero attached hydrogens (tertiary/aromatic N) is 2. The Morgan fingerprint density at radius 1 is 0.830 bits per heavy atom. The summed E-state index contributed by atoms with van der Waals surface area (Å²) in [7, 11) is -4.27. The molecule has 47 heavy (non-hydrogen) atoms. The third-order valence-corrected chi connectivity index (χ3v) is 10.5. The Balaban J connectivity index is 1.85. The van der Waals surface area contributed by atoms with E-state index in [1.165, 1.54) is 17.0 Å². The van der Waals surface area contributed by atoms with Crippen LogP contribution in [0.3, 0.4) is 0 Å². The van der Waals surface area contributed by atoms with E-state index >= 15 is 0 Å². The van der Waals surface area contributed by atoms with Crippen molar-refractivity contribution >= 4 is 62.3 Å². The molecule has 0 aliphatic rings. The highest BCUT2D eigenvalue weighted by atomic mass is 35.5. The summed E-state index contributed by atoms with van der Waals surface area (Å²) in [4.78, 5) is 30.0. The first-order valence-corrected chi connectivity index (χ1v) is 17.7. The van der Waals surface area contributed by atoms with Gasteiger partial charge in [0.1, 0.15) is 12.6 Å². The molecule has 0 spiro atoms. The van der Waals surface area contributed by atoms with Gasteiger partial charge in [-0.2, -0.15) is 0 Å². The van der Waals surface area contributed by atoms with E-state index in [4.69, 9.17) is 34.8 Å². The van der Waals surface area contributed by atoms with Gasteiger partial charge in [-0.05, 0) is 72.9 Å². The van der Waals surface area contributed by atoms with Crippen LogP contribution in [0, 0.1) is 19.8 Å². The monoisotopic (exact) mass is 713 g/mol. The van der Waals surface area contributed by atoms with Gasteiger partial charge < -0.3 is 10.2 Å². The molecular weight excluding hydrogens is 677 g/mol. The summed E-state index contributed by atoms with van der Waals surface area (Å²) in [5.74, 6) is -0.813. The Hall–Kier alpha value is -3.56. The van der Waals surface area contributed by atoms with Crippen molar-refractivity contribution in [3.8, 4) is 0 Å². The van der Waals surface area contributed by atoms with Crippen molar-refractivity contribution in [3.63, 3.8) is 0 Å². The van der Waals surface area contributed by atoms with E-state index in [0.717, 1.165) is 15.4 Å². The molecule has 0 unspecified atom stereocenters. The Bertz CT molecular complexity index is 1820. The first-order valence-electron chi connectivity index (χ1n) is 15.2. The van der Waals surface area contributed by atoms with Gasteiger partial charge in [0.15, 0.2) is 0 Å². The molecule has 2 amide bonds. The number of carbonyl (C=O) groups excluding carboxylic acids is 2. The highest BCUT2D eigenvalue weighted by Crippen LogP contribution is 2.32. The lowest BCUT2D eigenvalue weighted by Gasteiger charge is -2.34. The predicted molar refractivity (Wildman–Crippen MR) is 191 cm³/mol. The molecular formula is C36H38Cl3N3O4S. The summed E-state index contributed by atoms with van der Waals surface area (Å²) in [6.45, 7) is 7.22. The van der Waals surface area contributed by atoms with Crippen LogP contribution in [0.5, 0.6) is 0 Å². The summed E-state index contributed by atoms with van der Waals surface area (Å²) in [6, 6.07) is 24.6. The molecule has 1 atom stereocenters. The SMILES string of the molecule is Cc1ccc(S(=O)(=O)N(CC(=O)N(Cc2ccc(Cl)cc2Cl)[C@H](Cc2ccccc2)C(=O)NCC(C)C)c2cccc(Cl)c2C)cc1. The fourth-order valence-corrected chi connectivity index (χ4v) is 7.14. The normalized spacial score (nSPS) is 12.1. The number of hydrogen-bond acceptors (Lipinski definition) is 4. The zero-order chi connectivity index (χ0) is 34.3. The van der Waals surface area contributed by atoms with Gasteiger partial charge in [0.2, 0.25) is 11.8 Å². The van der Waals surface area contributed by atoms with Crippen LogP contribution in [0.15, 0.2) is 95.9 Å². The third kappa shape index (κ3) is 9.29. The lowest BCUT2D eigenvalue weighted by molar-refractivity contribution is -0.140. The number of hydrogen-bond donors (Lipinski definition) is 1. The lowest BCUT2D eigenvalue weighted by Crippen LogP contribution is -2.53. The molecule has 0 bridgehead atoms. The summed E-state index contributed by atoms with van der Waals surface area (Å²) in [5.41, 5.74) is 2.99. The number of aryl methyl sites for hydroxylation is 1. The fraction of sp³-hybridized carbons (Fsp3) is 0.278. The zero-order valence-corrected chi connectivity index (χ0v) is 29.8. The van der Waals surface area contributed by atoms with Crippen LogP contribution in [0.2, 0.25) is 15.1 Å². The van der Waals surface area contributed by atoms with Crippen molar-refractivity contribution in [1.82, 2.24) is 10.2 Å². The van der Waals surface area contributed by atoms with E-state index in [0.29, 0.717) is 32.7 Å². The summed E-state index contributed by atoms with van der Waals surface area (Å²) in [5, 5.41) is 4.05. The van der Waals surface area contributed by atoms with Gasteiger partial charge in [-0.25, -0.2) is 8.42 Å². The standard InChI is InChI=1S/C36H38Cl3N3O4S/c1-24(2)21-40-36(44)34(19-27-9-6-5-7-10-27)41(22-28-15-16-29(37)20-32(28)39)35(43)23-42(33-12-8-11-31(38)26(33)4)47(45,46)30-17-13-25(3)14-18-30/h5-18,20,24,34H,19,21-23H2,1-4H3,(H,40,44)/t34-/m1/s1. The van der Waals surface area contributed by atoms with Crippen molar-refractivity contribution < 1.29 is 18.0 Å². The second-order valence-corrected chi connectivity index (χ2v) is 14.9. The number of anilines is 1. The van der Waals surface area contributed by atoms with E-state index in [1.54, 1.807) is 55.5 Å². The van der Waals surface area contributed by atoms with Crippen LogP contribution >= 0.6 is 34.8 Å². The average molecular weight is 715 g/mol. The minimum Gasteiger partial charge on any atom is -0.354 e. The molecule has 1 N–H and O–H groups in total.